The molecule has 0 aliphatic heterocycles. The molecule has 0 amide bonds. The zero-order valence-corrected chi connectivity index (χ0v) is 9.43. The number of carboxylic acid groups (broad SMARTS) is 1. The third-order valence-corrected chi connectivity index (χ3v) is 2.20. The molecule has 0 saturated heterocycles. The minimum atomic E-state index is -5.03. The Morgan fingerprint density at radius 2 is 2.11 bits per heavy atom. The smallest absolute Gasteiger partial charge is 0.481 e. The Bertz CT molecular complexity index is 512. The van der Waals surface area contributed by atoms with Gasteiger partial charge in [-0.3, -0.25) is 9.59 Å². The summed E-state index contributed by atoms with van der Waals surface area (Å²) in [4.78, 5) is 24.2. The number of H-pyrrole nitrogens is 1. The van der Waals surface area contributed by atoms with E-state index in [1.807, 2.05) is 0 Å². The zero-order valence-electron chi connectivity index (χ0n) is 8.68. The largest absolute Gasteiger partial charge is 0.574 e. The Morgan fingerprint density at radius 1 is 1.50 bits per heavy atom. The van der Waals surface area contributed by atoms with Gasteiger partial charge in [0.15, 0.2) is 5.43 Å². The third-order valence-electron chi connectivity index (χ3n) is 1.91. The number of pyridine rings is 1. The van der Waals surface area contributed by atoms with Crippen LogP contribution in [-0.2, 0) is 17.1 Å². The van der Waals surface area contributed by atoms with E-state index >= 15 is 0 Å². The van der Waals surface area contributed by atoms with Crippen LogP contribution in [0, 0.1) is 0 Å². The van der Waals surface area contributed by atoms with Gasteiger partial charge in [-0.25, -0.2) is 0 Å². The first-order valence-electron chi connectivity index (χ1n) is 4.51. The van der Waals surface area contributed by atoms with Gasteiger partial charge < -0.3 is 14.8 Å². The van der Waals surface area contributed by atoms with Crippen molar-refractivity contribution in [2.45, 2.75) is 18.7 Å². The van der Waals surface area contributed by atoms with Crippen LogP contribution in [0.3, 0.4) is 0 Å². The van der Waals surface area contributed by atoms with Crippen molar-refractivity contribution in [1.82, 2.24) is 4.98 Å². The molecule has 1 heterocycles. The molecule has 0 bridgehead atoms. The molecule has 0 aliphatic rings. The van der Waals surface area contributed by atoms with E-state index in [-0.39, 0.29) is 11.4 Å². The van der Waals surface area contributed by atoms with Crippen LogP contribution >= 0.6 is 11.6 Å². The highest BCUT2D eigenvalue weighted by atomic mass is 35.5. The number of ether oxygens (including phenoxy) is 1. The highest BCUT2D eigenvalue weighted by molar-refractivity contribution is 6.17. The van der Waals surface area contributed by atoms with Gasteiger partial charge >= 0.3 is 12.3 Å². The molecule has 18 heavy (non-hydrogen) atoms. The van der Waals surface area contributed by atoms with Crippen LogP contribution in [0.15, 0.2) is 11.0 Å². The van der Waals surface area contributed by atoms with Crippen molar-refractivity contribution in [3.63, 3.8) is 0 Å². The van der Waals surface area contributed by atoms with Crippen molar-refractivity contribution in [2.24, 2.45) is 0 Å². The SMILES string of the molecule is O=C(O)Cc1c(OC(F)(F)F)[nH]cc(CCl)c1=O. The standard InChI is InChI=1S/C9H7ClF3NO4/c10-2-4-3-14-8(18-9(11,12)13)5(7(4)17)1-6(15)16/h3H,1-2H2,(H,14,17)(H,15,16). The van der Waals surface area contributed by atoms with Gasteiger partial charge in [0.05, 0.1) is 17.9 Å². The Balaban J connectivity index is 3.29. The van der Waals surface area contributed by atoms with Crippen molar-refractivity contribution in [3.05, 3.63) is 27.5 Å². The van der Waals surface area contributed by atoms with Crippen LogP contribution in [0.25, 0.3) is 0 Å². The molecule has 5 nitrogen and oxygen atoms in total. The molecule has 2 N–H and O–H groups in total. The van der Waals surface area contributed by atoms with Crippen LogP contribution in [0.2, 0.25) is 0 Å². The number of carbonyl (C=O) groups is 1. The number of carboxylic acids is 1. The second-order valence-corrected chi connectivity index (χ2v) is 3.47. The van der Waals surface area contributed by atoms with Crippen LogP contribution in [0.5, 0.6) is 5.88 Å². The predicted octanol–water partition coefficient (Wildman–Crippen LogP) is 1.64. The second kappa shape index (κ2) is 5.30. The molecule has 100 valence electrons. The van der Waals surface area contributed by atoms with E-state index in [4.69, 9.17) is 16.7 Å². The van der Waals surface area contributed by atoms with Crippen LogP contribution < -0.4 is 10.2 Å². The van der Waals surface area contributed by atoms with Crippen molar-refractivity contribution in [2.75, 3.05) is 0 Å². The van der Waals surface area contributed by atoms with E-state index in [2.05, 4.69) is 9.72 Å². The quantitative estimate of drug-likeness (QED) is 0.824. The molecule has 1 rings (SSSR count). The lowest BCUT2D eigenvalue weighted by atomic mass is 10.1. The number of aromatic nitrogens is 1. The minimum absolute atomic E-state index is 0.0394. The number of hydrogen-bond acceptors (Lipinski definition) is 3. The fraction of sp³-hybridized carbons (Fsp3) is 0.333. The summed E-state index contributed by atoms with van der Waals surface area (Å²) < 4.78 is 39.7. The summed E-state index contributed by atoms with van der Waals surface area (Å²) in [7, 11) is 0. The Labute approximate surface area is 103 Å². The molecule has 1 aromatic heterocycles. The molecule has 0 radical (unpaired) electrons. The highest BCUT2D eigenvalue weighted by Gasteiger charge is 2.33. The first-order chi connectivity index (χ1) is 8.24. The van der Waals surface area contributed by atoms with Crippen molar-refractivity contribution in [1.29, 1.82) is 0 Å². The maximum absolute atomic E-state index is 12.1. The monoisotopic (exact) mass is 285 g/mol. The fourth-order valence-electron chi connectivity index (χ4n) is 1.22. The Kier molecular flexibility index (Phi) is 4.23. The predicted molar refractivity (Wildman–Crippen MR) is 54.6 cm³/mol. The lowest BCUT2D eigenvalue weighted by Crippen LogP contribution is -2.24. The van der Waals surface area contributed by atoms with Gasteiger partial charge in [-0.1, -0.05) is 0 Å². The average molecular weight is 286 g/mol. The van der Waals surface area contributed by atoms with E-state index < -0.39 is 35.6 Å². The van der Waals surface area contributed by atoms with Gasteiger partial charge in [0.25, 0.3) is 0 Å². The van der Waals surface area contributed by atoms with Crippen LogP contribution in [-0.4, -0.2) is 22.4 Å². The Hall–Kier alpha value is -1.70. The molecule has 0 aromatic carbocycles. The summed E-state index contributed by atoms with van der Waals surface area (Å²) in [5.74, 6) is -2.66. The maximum atomic E-state index is 12.1. The molecule has 0 fully saturated rings. The van der Waals surface area contributed by atoms with Gasteiger partial charge in [0.2, 0.25) is 5.88 Å². The molecular weight excluding hydrogens is 279 g/mol. The summed E-state index contributed by atoms with van der Waals surface area (Å²) >= 11 is 5.40. The fourth-order valence-corrected chi connectivity index (χ4v) is 1.42. The van der Waals surface area contributed by atoms with Gasteiger partial charge in [-0.05, 0) is 0 Å². The lowest BCUT2D eigenvalue weighted by molar-refractivity contribution is -0.276. The number of hydrogen-bond donors (Lipinski definition) is 2. The summed E-state index contributed by atoms with van der Waals surface area (Å²) in [6, 6.07) is 0. The molecule has 0 unspecified atom stereocenters. The van der Waals surface area contributed by atoms with E-state index in [0.717, 1.165) is 6.20 Å². The molecule has 9 heteroatoms. The molecular formula is C9H7ClF3NO4. The number of aromatic amines is 1. The summed E-state index contributed by atoms with van der Waals surface area (Å²) in [5, 5.41) is 8.56. The van der Waals surface area contributed by atoms with E-state index in [0.29, 0.717) is 0 Å². The lowest BCUT2D eigenvalue weighted by Gasteiger charge is -2.12. The van der Waals surface area contributed by atoms with Crippen LogP contribution in [0.1, 0.15) is 11.1 Å². The second-order valence-electron chi connectivity index (χ2n) is 3.20. The number of nitrogens with one attached hydrogen (secondary N) is 1. The number of aliphatic carboxylic acids is 1. The van der Waals surface area contributed by atoms with Crippen LogP contribution in [0.4, 0.5) is 13.2 Å². The van der Waals surface area contributed by atoms with Crippen molar-refractivity contribution in [3.8, 4) is 5.88 Å². The first kappa shape index (κ1) is 14.4. The number of rotatable bonds is 4. The normalized spacial score (nSPS) is 11.3. The average Bonchev–Trinajstić information content (AvgIpc) is 2.21. The van der Waals surface area contributed by atoms with E-state index in [1.165, 1.54) is 0 Å². The molecule has 1 aromatic rings. The van der Waals surface area contributed by atoms with E-state index in [9.17, 15) is 22.8 Å². The summed E-state index contributed by atoms with van der Waals surface area (Å²) in [6.07, 6.45) is -4.98. The molecule has 0 spiro atoms. The van der Waals surface area contributed by atoms with Gasteiger partial charge in [-0.15, -0.1) is 24.8 Å². The van der Waals surface area contributed by atoms with Crippen molar-refractivity contribution >= 4 is 17.6 Å². The molecule has 0 aliphatic carbocycles. The Morgan fingerprint density at radius 3 is 2.56 bits per heavy atom. The van der Waals surface area contributed by atoms with Gasteiger partial charge in [0.1, 0.15) is 0 Å². The summed E-state index contributed by atoms with van der Waals surface area (Å²) in [5.41, 5.74) is -1.55. The zero-order chi connectivity index (χ0) is 13.9. The van der Waals surface area contributed by atoms with Crippen molar-refractivity contribution < 1.29 is 27.8 Å². The number of halogens is 4. The topological polar surface area (TPSA) is 79.4 Å². The van der Waals surface area contributed by atoms with Gasteiger partial charge in [0, 0.05) is 11.8 Å². The molecule has 0 atom stereocenters. The number of alkyl halides is 4. The van der Waals surface area contributed by atoms with E-state index in [1.54, 1.807) is 0 Å². The first-order valence-corrected chi connectivity index (χ1v) is 5.05. The van der Waals surface area contributed by atoms with Gasteiger partial charge in [-0.2, -0.15) is 0 Å². The minimum Gasteiger partial charge on any atom is -0.481 e. The third kappa shape index (κ3) is 3.66. The highest BCUT2D eigenvalue weighted by Crippen LogP contribution is 2.23. The summed E-state index contributed by atoms with van der Waals surface area (Å²) in [6.45, 7) is 0. The molecule has 0 saturated carbocycles. The maximum Gasteiger partial charge on any atom is 0.574 e.